The number of aliphatic hydroxyl groups excluding tert-OH is 1. The fourth-order valence-electron chi connectivity index (χ4n) is 11.9. The van der Waals surface area contributed by atoms with Crippen LogP contribution >= 0.6 is 15.6 Å². The molecule has 0 rings (SSSR count). The lowest BCUT2D eigenvalue weighted by molar-refractivity contribution is -0.161. The van der Waals surface area contributed by atoms with E-state index in [9.17, 15) is 43.2 Å². The monoisotopic (exact) mass is 1410 g/mol. The van der Waals surface area contributed by atoms with Crippen LogP contribution in [0.25, 0.3) is 0 Å². The Morgan fingerprint density at radius 3 is 0.615 bits per heavy atom. The number of carbonyl (C=O) groups is 4. The number of hydrogen-bond acceptors (Lipinski definition) is 15. The molecule has 0 aliphatic heterocycles. The number of ether oxygens (including phenoxy) is 4. The molecule has 0 amide bonds. The Bertz CT molecular complexity index is 1830. The third-order valence-electron chi connectivity index (χ3n) is 18.1. The highest BCUT2D eigenvalue weighted by atomic mass is 31.2. The second-order valence-corrected chi connectivity index (χ2v) is 30.7. The Labute approximate surface area is 588 Å². The van der Waals surface area contributed by atoms with Gasteiger partial charge in [0.2, 0.25) is 0 Å². The molecule has 0 saturated heterocycles. The van der Waals surface area contributed by atoms with E-state index in [2.05, 4.69) is 27.7 Å². The van der Waals surface area contributed by atoms with E-state index >= 15 is 0 Å². The molecule has 0 heterocycles. The highest BCUT2D eigenvalue weighted by molar-refractivity contribution is 7.47. The third-order valence-corrected chi connectivity index (χ3v) is 20.0. The number of phosphoric acid groups is 2. The Morgan fingerprint density at radius 1 is 0.250 bits per heavy atom. The molecule has 17 nitrogen and oxygen atoms in total. The van der Waals surface area contributed by atoms with Gasteiger partial charge in [0.05, 0.1) is 26.4 Å². The van der Waals surface area contributed by atoms with Crippen molar-refractivity contribution in [2.75, 3.05) is 39.6 Å². The minimum Gasteiger partial charge on any atom is -0.462 e. The average Bonchev–Trinajstić information content (AvgIpc) is 1.26. The molecule has 570 valence electrons. The van der Waals surface area contributed by atoms with Crippen molar-refractivity contribution >= 4 is 39.5 Å². The maximum atomic E-state index is 13.1. The lowest BCUT2D eigenvalue weighted by Gasteiger charge is -2.21. The second kappa shape index (κ2) is 71.5. The number of aliphatic hydroxyl groups is 1. The van der Waals surface area contributed by atoms with Gasteiger partial charge in [0.15, 0.2) is 12.2 Å². The summed E-state index contributed by atoms with van der Waals surface area (Å²) in [5.74, 6) is -2.11. The van der Waals surface area contributed by atoms with Crippen LogP contribution in [-0.2, 0) is 65.4 Å². The molecule has 19 heteroatoms. The highest BCUT2D eigenvalue weighted by Crippen LogP contribution is 2.45. The molecule has 0 saturated carbocycles. The molecule has 0 aliphatic carbocycles. The number of esters is 4. The van der Waals surface area contributed by atoms with Gasteiger partial charge in [-0.05, 0) is 25.7 Å². The van der Waals surface area contributed by atoms with Crippen LogP contribution in [-0.4, -0.2) is 96.7 Å². The molecule has 0 radical (unpaired) electrons. The Kier molecular flexibility index (Phi) is 70.0. The van der Waals surface area contributed by atoms with Gasteiger partial charge < -0.3 is 33.8 Å². The van der Waals surface area contributed by atoms with E-state index in [4.69, 9.17) is 37.0 Å². The van der Waals surface area contributed by atoms with Crippen LogP contribution in [0, 0.1) is 0 Å². The molecule has 0 bridgehead atoms. The number of carbonyl (C=O) groups excluding carboxylic acids is 4. The van der Waals surface area contributed by atoms with Crippen LogP contribution in [0.15, 0.2) is 0 Å². The predicted molar refractivity (Wildman–Crippen MR) is 391 cm³/mol. The van der Waals surface area contributed by atoms with Crippen molar-refractivity contribution in [2.45, 2.75) is 431 Å². The highest BCUT2D eigenvalue weighted by Gasteiger charge is 2.30. The van der Waals surface area contributed by atoms with E-state index in [1.54, 1.807) is 0 Å². The van der Waals surface area contributed by atoms with E-state index < -0.39 is 97.5 Å². The van der Waals surface area contributed by atoms with Crippen molar-refractivity contribution in [1.29, 1.82) is 0 Å². The van der Waals surface area contributed by atoms with Crippen molar-refractivity contribution < 1.29 is 80.2 Å². The van der Waals surface area contributed by atoms with Crippen LogP contribution in [0.4, 0.5) is 0 Å². The molecule has 0 aliphatic rings. The zero-order valence-corrected chi connectivity index (χ0v) is 64.1. The minimum absolute atomic E-state index is 0.107. The SMILES string of the molecule is CCCCCCCCCCCCCCCCCCCCCCCCC(=O)O[C@H](COC(=O)CCCCCCCCCCCCCCCCC)COP(=O)(O)OC[C@@H](O)COP(=O)(O)OC[C@@H](COC(=O)CCCCCCCCCC)OC(=O)CCCCCCCCCCCCC. The lowest BCUT2D eigenvalue weighted by Crippen LogP contribution is -2.30. The van der Waals surface area contributed by atoms with E-state index in [1.807, 2.05) is 0 Å². The third kappa shape index (κ3) is 70.5. The van der Waals surface area contributed by atoms with E-state index in [0.29, 0.717) is 25.7 Å². The van der Waals surface area contributed by atoms with Crippen molar-refractivity contribution in [2.24, 2.45) is 0 Å². The summed E-state index contributed by atoms with van der Waals surface area (Å²) in [6.07, 6.45) is 62.6. The molecule has 0 aromatic heterocycles. The number of hydrogen-bond donors (Lipinski definition) is 3. The number of unbranched alkanes of at least 4 members (excludes halogenated alkanes) is 52. The van der Waals surface area contributed by atoms with Crippen molar-refractivity contribution in [3.05, 3.63) is 0 Å². The molecular formula is C77H150O17P2. The zero-order chi connectivity index (χ0) is 70.4. The molecule has 0 fully saturated rings. The van der Waals surface area contributed by atoms with Crippen LogP contribution in [0.5, 0.6) is 0 Å². The lowest BCUT2D eigenvalue weighted by atomic mass is 10.0. The fourth-order valence-corrected chi connectivity index (χ4v) is 13.5. The first kappa shape index (κ1) is 94.1. The molecule has 96 heavy (non-hydrogen) atoms. The second-order valence-electron chi connectivity index (χ2n) is 27.7. The summed E-state index contributed by atoms with van der Waals surface area (Å²) in [5.41, 5.74) is 0. The molecule has 3 N–H and O–H groups in total. The molecule has 2 unspecified atom stereocenters. The van der Waals surface area contributed by atoms with Crippen LogP contribution < -0.4 is 0 Å². The minimum atomic E-state index is -4.96. The van der Waals surface area contributed by atoms with Crippen LogP contribution in [0.1, 0.15) is 413 Å². The topological polar surface area (TPSA) is 237 Å². The summed E-state index contributed by atoms with van der Waals surface area (Å²) in [4.78, 5) is 72.7. The zero-order valence-electron chi connectivity index (χ0n) is 62.4. The normalized spacial score (nSPS) is 13.9. The largest absolute Gasteiger partial charge is 0.472 e. The van der Waals surface area contributed by atoms with Crippen molar-refractivity contribution in [3.8, 4) is 0 Å². The van der Waals surface area contributed by atoms with Gasteiger partial charge in [-0.1, -0.05) is 362 Å². The van der Waals surface area contributed by atoms with E-state index in [1.165, 1.54) is 238 Å². The Hall–Kier alpha value is -1.94. The van der Waals surface area contributed by atoms with Gasteiger partial charge in [-0.25, -0.2) is 9.13 Å². The van der Waals surface area contributed by atoms with Gasteiger partial charge in [0, 0.05) is 25.7 Å². The maximum Gasteiger partial charge on any atom is 0.472 e. The van der Waals surface area contributed by atoms with Crippen LogP contribution in [0.2, 0.25) is 0 Å². The standard InChI is InChI=1S/C77H150O17P2/c1-5-9-13-17-21-25-28-30-32-33-34-35-36-37-38-40-42-45-48-52-56-60-64-77(82)94-73(68-88-75(80)62-58-54-50-46-44-41-39-31-29-26-22-18-14-10-6-2)70-92-96(85,86)90-66-71(78)65-89-95(83,84)91-69-72(67-87-74(79)61-57-53-49-24-20-16-12-8-4)93-76(81)63-59-55-51-47-43-27-23-19-15-11-7-3/h71-73,78H,5-70H2,1-4H3,(H,83,84)(H,85,86)/t71-,72+,73+/m0/s1. The first-order valence-electron chi connectivity index (χ1n) is 40.3. The average molecular weight is 1410 g/mol. The van der Waals surface area contributed by atoms with Gasteiger partial charge in [-0.3, -0.25) is 37.3 Å². The van der Waals surface area contributed by atoms with Gasteiger partial charge in [-0.2, -0.15) is 0 Å². The van der Waals surface area contributed by atoms with Gasteiger partial charge in [0.1, 0.15) is 19.3 Å². The first-order chi connectivity index (χ1) is 46.7. The Morgan fingerprint density at radius 2 is 0.417 bits per heavy atom. The maximum absolute atomic E-state index is 13.1. The number of rotatable bonds is 78. The molecule has 0 aromatic carbocycles. The van der Waals surface area contributed by atoms with Crippen LogP contribution in [0.3, 0.4) is 0 Å². The summed E-state index contributed by atoms with van der Waals surface area (Å²) in [6.45, 7) is 4.96. The fraction of sp³-hybridized carbons (Fsp3) is 0.948. The summed E-state index contributed by atoms with van der Waals surface area (Å²) in [5, 5.41) is 10.6. The van der Waals surface area contributed by atoms with Crippen molar-refractivity contribution in [3.63, 3.8) is 0 Å². The van der Waals surface area contributed by atoms with Gasteiger partial charge in [0.25, 0.3) is 0 Å². The predicted octanol–water partition coefficient (Wildman–Crippen LogP) is 23.0. The first-order valence-corrected chi connectivity index (χ1v) is 43.3. The smallest absolute Gasteiger partial charge is 0.462 e. The molecule has 0 spiro atoms. The van der Waals surface area contributed by atoms with Gasteiger partial charge in [-0.15, -0.1) is 0 Å². The Balaban J connectivity index is 5.16. The van der Waals surface area contributed by atoms with E-state index in [-0.39, 0.29) is 25.7 Å². The summed E-state index contributed by atoms with van der Waals surface area (Å²) in [7, 11) is -9.90. The van der Waals surface area contributed by atoms with E-state index in [0.717, 1.165) is 96.3 Å². The summed E-state index contributed by atoms with van der Waals surface area (Å²) < 4.78 is 68.4. The molecular weight excluding hydrogens is 1260 g/mol. The van der Waals surface area contributed by atoms with Gasteiger partial charge >= 0.3 is 39.5 Å². The molecule has 5 atom stereocenters. The quantitative estimate of drug-likeness (QED) is 0.0222. The summed E-state index contributed by atoms with van der Waals surface area (Å²) >= 11 is 0. The van der Waals surface area contributed by atoms with Crippen molar-refractivity contribution in [1.82, 2.24) is 0 Å². The number of phosphoric ester groups is 2. The molecule has 0 aromatic rings. The summed E-state index contributed by atoms with van der Waals surface area (Å²) in [6, 6.07) is 0.